The standard InChI is InChI=1S/C11H10N2O3/c1-6-3-7-4-8(11(15)16)13(2)10(14)9(7)12-5-6/h3-5H,1-2H3,(H,15,16). The van der Waals surface area contributed by atoms with Crippen LogP contribution in [-0.2, 0) is 7.05 Å². The summed E-state index contributed by atoms with van der Waals surface area (Å²) >= 11 is 0. The molecule has 0 unspecified atom stereocenters. The van der Waals surface area contributed by atoms with Gasteiger partial charge in [-0.2, -0.15) is 0 Å². The Morgan fingerprint density at radius 1 is 1.44 bits per heavy atom. The fourth-order valence-electron chi connectivity index (χ4n) is 1.60. The number of pyridine rings is 2. The van der Waals surface area contributed by atoms with Gasteiger partial charge in [-0.05, 0) is 24.6 Å². The van der Waals surface area contributed by atoms with E-state index in [0.29, 0.717) is 5.39 Å². The third-order valence-corrected chi connectivity index (χ3v) is 2.43. The van der Waals surface area contributed by atoms with Crippen molar-refractivity contribution in [1.82, 2.24) is 9.55 Å². The lowest BCUT2D eigenvalue weighted by atomic mass is 10.2. The Morgan fingerprint density at radius 2 is 2.12 bits per heavy atom. The molecule has 0 atom stereocenters. The van der Waals surface area contributed by atoms with Crippen molar-refractivity contribution in [3.05, 3.63) is 39.9 Å². The molecule has 0 aliphatic rings. The molecule has 2 rings (SSSR count). The van der Waals surface area contributed by atoms with Gasteiger partial charge in [0, 0.05) is 18.6 Å². The molecule has 0 aliphatic heterocycles. The van der Waals surface area contributed by atoms with E-state index >= 15 is 0 Å². The predicted molar refractivity (Wildman–Crippen MR) is 58.7 cm³/mol. The summed E-state index contributed by atoms with van der Waals surface area (Å²) < 4.78 is 1.09. The molecule has 0 aromatic carbocycles. The van der Waals surface area contributed by atoms with E-state index < -0.39 is 11.5 Å². The Balaban J connectivity index is 2.94. The first-order chi connectivity index (χ1) is 7.50. The van der Waals surface area contributed by atoms with E-state index in [9.17, 15) is 9.59 Å². The number of hydrogen-bond donors (Lipinski definition) is 1. The van der Waals surface area contributed by atoms with Gasteiger partial charge < -0.3 is 9.67 Å². The molecule has 5 nitrogen and oxygen atoms in total. The molecule has 1 N–H and O–H groups in total. The van der Waals surface area contributed by atoms with E-state index in [4.69, 9.17) is 5.11 Å². The van der Waals surface area contributed by atoms with Crippen LogP contribution in [0.5, 0.6) is 0 Å². The summed E-state index contributed by atoms with van der Waals surface area (Å²) in [5, 5.41) is 9.49. The molecular weight excluding hydrogens is 208 g/mol. The van der Waals surface area contributed by atoms with E-state index in [2.05, 4.69) is 4.98 Å². The van der Waals surface area contributed by atoms with E-state index in [1.54, 1.807) is 12.3 Å². The number of nitrogens with zero attached hydrogens (tertiary/aromatic N) is 2. The molecule has 0 saturated heterocycles. The van der Waals surface area contributed by atoms with E-state index in [1.807, 2.05) is 6.92 Å². The number of hydrogen-bond acceptors (Lipinski definition) is 3. The maximum Gasteiger partial charge on any atom is 0.352 e. The van der Waals surface area contributed by atoms with Crippen LogP contribution in [-0.4, -0.2) is 20.6 Å². The Morgan fingerprint density at radius 3 is 2.75 bits per heavy atom. The van der Waals surface area contributed by atoms with Gasteiger partial charge in [0.15, 0.2) is 0 Å². The minimum atomic E-state index is -1.12. The molecule has 0 saturated carbocycles. The lowest BCUT2D eigenvalue weighted by molar-refractivity contribution is 0.0685. The number of fused-ring (bicyclic) bond motifs is 1. The van der Waals surface area contributed by atoms with Gasteiger partial charge >= 0.3 is 5.97 Å². The van der Waals surface area contributed by atoms with Crippen LogP contribution in [0.1, 0.15) is 16.1 Å². The number of aryl methyl sites for hydroxylation is 1. The Bertz CT molecular complexity index is 643. The molecule has 5 heteroatoms. The van der Waals surface area contributed by atoms with Crippen molar-refractivity contribution in [3.63, 3.8) is 0 Å². The zero-order chi connectivity index (χ0) is 11.9. The molecule has 82 valence electrons. The topological polar surface area (TPSA) is 72.2 Å². The fourth-order valence-corrected chi connectivity index (χ4v) is 1.60. The molecule has 2 aromatic heterocycles. The molecule has 0 spiro atoms. The molecule has 0 radical (unpaired) electrons. The highest BCUT2D eigenvalue weighted by molar-refractivity contribution is 5.91. The van der Waals surface area contributed by atoms with Crippen molar-refractivity contribution in [3.8, 4) is 0 Å². The zero-order valence-corrected chi connectivity index (χ0v) is 8.89. The van der Waals surface area contributed by atoms with Crippen molar-refractivity contribution >= 4 is 16.9 Å². The summed E-state index contributed by atoms with van der Waals surface area (Å²) in [6.45, 7) is 1.84. The number of carboxylic acid groups (broad SMARTS) is 1. The quantitative estimate of drug-likeness (QED) is 0.773. The van der Waals surface area contributed by atoms with Gasteiger partial charge in [0.1, 0.15) is 11.2 Å². The normalized spacial score (nSPS) is 10.6. The Kier molecular flexibility index (Phi) is 2.23. The van der Waals surface area contributed by atoms with Crippen molar-refractivity contribution in [2.24, 2.45) is 7.05 Å². The number of rotatable bonds is 1. The minimum Gasteiger partial charge on any atom is -0.477 e. The SMILES string of the molecule is Cc1cnc2c(=O)n(C)c(C(=O)O)cc2c1. The van der Waals surface area contributed by atoms with Gasteiger partial charge in [0.25, 0.3) is 5.56 Å². The van der Waals surface area contributed by atoms with Gasteiger partial charge in [-0.3, -0.25) is 9.78 Å². The zero-order valence-electron chi connectivity index (χ0n) is 8.89. The van der Waals surface area contributed by atoms with Crippen LogP contribution in [0.4, 0.5) is 0 Å². The van der Waals surface area contributed by atoms with Crippen molar-refractivity contribution in [2.45, 2.75) is 6.92 Å². The molecule has 2 heterocycles. The largest absolute Gasteiger partial charge is 0.477 e. The summed E-state index contributed by atoms with van der Waals surface area (Å²) in [5.74, 6) is -1.12. The second kappa shape index (κ2) is 3.44. The maximum atomic E-state index is 11.8. The van der Waals surface area contributed by atoms with E-state index in [0.717, 1.165) is 10.1 Å². The van der Waals surface area contributed by atoms with E-state index in [-0.39, 0.29) is 11.2 Å². The van der Waals surface area contributed by atoms with Gasteiger partial charge in [-0.15, -0.1) is 0 Å². The van der Waals surface area contributed by atoms with Gasteiger partial charge in [-0.1, -0.05) is 0 Å². The molecule has 0 amide bonds. The van der Waals surface area contributed by atoms with Crippen LogP contribution < -0.4 is 5.56 Å². The van der Waals surface area contributed by atoms with Crippen LogP contribution in [0, 0.1) is 6.92 Å². The van der Waals surface area contributed by atoms with Crippen LogP contribution in [0.15, 0.2) is 23.1 Å². The smallest absolute Gasteiger partial charge is 0.352 e. The average Bonchev–Trinajstić information content (AvgIpc) is 2.22. The molecule has 0 bridgehead atoms. The van der Waals surface area contributed by atoms with Gasteiger partial charge in [0.2, 0.25) is 0 Å². The number of aromatic nitrogens is 2. The van der Waals surface area contributed by atoms with Crippen LogP contribution >= 0.6 is 0 Å². The maximum absolute atomic E-state index is 11.8. The lowest BCUT2D eigenvalue weighted by Crippen LogP contribution is -2.23. The lowest BCUT2D eigenvalue weighted by Gasteiger charge is -2.05. The van der Waals surface area contributed by atoms with Crippen LogP contribution in [0.2, 0.25) is 0 Å². The molecule has 16 heavy (non-hydrogen) atoms. The molecule has 0 aliphatic carbocycles. The van der Waals surface area contributed by atoms with Crippen molar-refractivity contribution in [2.75, 3.05) is 0 Å². The second-order valence-corrected chi connectivity index (χ2v) is 3.65. The molecule has 0 fully saturated rings. The summed E-state index contributed by atoms with van der Waals surface area (Å²) in [5.41, 5.74) is 0.745. The molecular formula is C11H10N2O3. The predicted octanol–water partition coefficient (Wildman–Crippen LogP) is 0.940. The third kappa shape index (κ3) is 1.46. The number of carbonyl (C=O) groups is 1. The van der Waals surface area contributed by atoms with Crippen molar-refractivity contribution in [1.29, 1.82) is 0 Å². The Labute approximate surface area is 91.0 Å². The number of carboxylic acids is 1. The molecule has 2 aromatic rings. The monoisotopic (exact) mass is 218 g/mol. The minimum absolute atomic E-state index is 0.0371. The highest BCUT2D eigenvalue weighted by Gasteiger charge is 2.12. The third-order valence-electron chi connectivity index (χ3n) is 2.43. The highest BCUT2D eigenvalue weighted by Crippen LogP contribution is 2.11. The summed E-state index contributed by atoms with van der Waals surface area (Å²) in [6.07, 6.45) is 1.59. The summed E-state index contributed by atoms with van der Waals surface area (Å²) in [7, 11) is 1.42. The first-order valence-corrected chi connectivity index (χ1v) is 4.70. The second-order valence-electron chi connectivity index (χ2n) is 3.65. The van der Waals surface area contributed by atoms with Crippen LogP contribution in [0.3, 0.4) is 0 Å². The fraction of sp³-hybridized carbons (Fsp3) is 0.182. The number of aromatic carboxylic acids is 1. The Hall–Kier alpha value is -2.17. The van der Waals surface area contributed by atoms with Crippen molar-refractivity contribution < 1.29 is 9.90 Å². The summed E-state index contributed by atoms with van der Waals surface area (Å²) in [6, 6.07) is 3.20. The van der Waals surface area contributed by atoms with Gasteiger partial charge in [-0.25, -0.2) is 4.79 Å². The van der Waals surface area contributed by atoms with Crippen LogP contribution in [0.25, 0.3) is 10.9 Å². The van der Waals surface area contributed by atoms with Gasteiger partial charge in [0.05, 0.1) is 0 Å². The highest BCUT2D eigenvalue weighted by atomic mass is 16.4. The summed E-state index contributed by atoms with van der Waals surface area (Å²) in [4.78, 5) is 26.7. The first-order valence-electron chi connectivity index (χ1n) is 4.70. The average molecular weight is 218 g/mol. The first kappa shape index (κ1) is 10.4. The van der Waals surface area contributed by atoms with E-state index in [1.165, 1.54) is 13.1 Å².